The van der Waals surface area contributed by atoms with Gasteiger partial charge in [0, 0.05) is 25.7 Å². The molecule has 0 aromatic carbocycles. The summed E-state index contributed by atoms with van der Waals surface area (Å²) in [5, 5.41) is 3.28. The van der Waals surface area contributed by atoms with E-state index in [-0.39, 0.29) is 6.10 Å². The van der Waals surface area contributed by atoms with Crippen molar-refractivity contribution >= 4 is 5.82 Å². The molecule has 0 spiro atoms. The number of nitrogens with one attached hydrogen (secondary N) is 1. The monoisotopic (exact) mass is 266 g/mol. The van der Waals surface area contributed by atoms with Crippen LogP contribution in [-0.4, -0.2) is 60.4 Å². The lowest BCUT2D eigenvalue weighted by atomic mass is 10.2. The Morgan fingerprint density at radius 2 is 2.37 bits per heavy atom. The van der Waals surface area contributed by atoms with Crippen molar-refractivity contribution in [3.05, 3.63) is 12.4 Å². The van der Waals surface area contributed by atoms with Crippen molar-refractivity contribution in [3.8, 4) is 5.88 Å². The van der Waals surface area contributed by atoms with Gasteiger partial charge in [-0.05, 0) is 13.5 Å². The minimum absolute atomic E-state index is 0.208. The van der Waals surface area contributed by atoms with E-state index in [4.69, 9.17) is 9.47 Å². The number of rotatable bonds is 6. The molecule has 1 saturated heterocycles. The number of morpholine rings is 1. The molecule has 1 fully saturated rings. The molecular formula is C13H22N4O2. The van der Waals surface area contributed by atoms with Crippen molar-refractivity contribution in [2.24, 2.45) is 0 Å². The van der Waals surface area contributed by atoms with Crippen LogP contribution in [0.1, 0.15) is 13.8 Å². The standard InChI is InChI=1S/C13H22N4O2/c1-3-17-5-6-19-11(9-17)8-14-12-7-13(18-4-2)16-10-15-12/h7,10-11H,3-6,8-9H2,1-2H3,(H,14,15,16). The first-order valence-electron chi connectivity index (χ1n) is 6.84. The van der Waals surface area contributed by atoms with Crippen LogP contribution in [0, 0.1) is 0 Å². The van der Waals surface area contributed by atoms with E-state index in [0.717, 1.165) is 38.6 Å². The summed E-state index contributed by atoms with van der Waals surface area (Å²) in [5.41, 5.74) is 0. The Hall–Kier alpha value is -1.40. The van der Waals surface area contributed by atoms with Crippen LogP contribution in [0.2, 0.25) is 0 Å². The second-order valence-corrected chi connectivity index (χ2v) is 4.44. The van der Waals surface area contributed by atoms with E-state index in [1.807, 2.05) is 13.0 Å². The highest BCUT2D eigenvalue weighted by molar-refractivity contribution is 5.37. The number of likely N-dealkylation sites (N-methyl/N-ethyl adjacent to an activating group) is 1. The third-order valence-corrected chi connectivity index (χ3v) is 3.12. The van der Waals surface area contributed by atoms with Gasteiger partial charge in [-0.15, -0.1) is 0 Å². The smallest absolute Gasteiger partial charge is 0.218 e. The number of nitrogens with zero attached hydrogens (tertiary/aromatic N) is 3. The fourth-order valence-corrected chi connectivity index (χ4v) is 2.07. The maximum atomic E-state index is 5.73. The predicted molar refractivity (Wildman–Crippen MR) is 73.5 cm³/mol. The second-order valence-electron chi connectivity index (χ2n) is 4.44. The number of aromatic nitrogens is 2. The Bertz CT molecular complexity index is 389. The molecule has 1 aromatic rings. The Kier molecular flexibility index (Phi) is 5.35. The highest BCUT2D eigenvalue weighted by atomic mass is 16.5. The SMILES string of the molecule is CCOc1cc(NCC2CN(CC)CCO2)ncn1. The Morgan fingerprint density at radius 3 is 3.16 bits per heavy atom. The summed E-state index contributed by atoms with van der Waals surface area (Å²) in [4.78, 5) is 10.6. The van der Waals surface area contributed by atoms with Crippen molar-refractivity contribution in [1.82, 2.24) is 14.9 Å². The van der Waals surface area contributed by atoms with Crippen LogP contribution >= 0.6 is 0 Å². The average molecular weight is 266 g/mol. The molecule has 6 heteroatoms. The van der Waals surface area contributed by atoms with Crippen LogP contribution in [-0.2, 0) is 4.74 Å². The molecule has 1 unspecified atom stereocenters. The van der Waals surface area contributed by atoms with E-state index in [1.165, 1.54) is 6.33 Å². The molecule has 2 rings (SSSR count). The molecule has 0 saturated carbocycles. The van der Waals surface area contributed by atoms with Crippen molar-refractivity contribution in [1.29, 1.82) is 0 Å². The summed E-state index contributed by atoms with van der Waals surface area (Å²) >= 11 is 0. The summed E-state index contributed by atoms with van der Waals surface area (Å²) in [6.07, 6.45) is 1.71. The maximum absolute atomic E-state index is 5.73. The zero-order valence-electron chi connectivity index (χ0n) is 11.6. The molecule has 0 amide bonds. The molecule has 0 radical (unpaired) electrons. The minimum Gasteiger partial charge on any atom is -0.478 e. The fraction of sp³-hybridized carbons (Fsp3) is 0.692. The summed E-state index contributed by atoms with van der Waals surface area (Å²) in [6.45, 7) is 9.32. The summed E-state index contributed by atoms with van der Waals surface area (Å²) < 4.78 is 11.1. The fourth-order valence-electron chi connectivity index (χ4n) is 2.07. The van der Waals surface area contributed by atoms with Crippen LogP contribution < -0.4 is 10.1 Å². The first-order chi connectivity index (χ1) is 9.31. The van der Waals surface area contributed by atoms with Gasteiger partial charge in [0.25, 0.3) is 0 Å². The quantitative estimate of drug-likeness (QED) is 0.829. The summed E-state index contributed by atoms with van der Waals surface area (Å²) in [7, 11) is 0. The molecule has 19 heavy (non-hydrogen) atoms. The van der Waals surface area contributed by atoms with Gasteiger partial charge in [0.15, 0.2) is 0 Å². The largest absolute Gasteiger partial charge is 0.478 e. The maximum Gasteiger partial charge on any atom is 0.218 e. The lowest BCUT2D eigenvalue weighted by Gasteiger charge is -2.32. The van der Waals surface area contributed by atoms with Crippen molar-refractivity contribution in [2.45, 2.75) is 20.0 Å². The molecule has 6 nitrogen and oxygen atoms in total. The van der Waals surface area contributed by atoms with Crippen LogP contribution in [0.5, 0.6) is 5.88 Å². The van der Waals surface area contributed by atoms with E-state index < -0.39 is 0 Å². The Labute approximate surface area is 114 Å². The third kappa shape index (κ3) is 4.33. The van der Waals surface area contributed by atoms with Gasteiger partial charge >= 0.3 is 0 Å². The van der Waals surface area contributed by atoms with Gasteiger partial charge in [-0.1, -0.05) is 6.92 Å². The first-order valence-corrected chi connectivity index (χ1v) is 6.84. The average Bonchev–Trinajstić information content (AvgIpc) is 2.46. The molecule has 2 heterocycles. The Balaban J connectivity index is 1.82. The normalized spacial score (nSPS) is 20.2. The number of hydrogen-bond donors (Lipinski definition) is 1. The van der Waals surface area contributed by atoms with Gasteiger partial charge < -0.3 is 14.8 Å². The first kappa shape index (κ1) is 14.0. The van der Waals surface area contributed by atoms with E-state index in [2.05, 4.69) is 27.1 Å². The number of hydrogen-bond acceptors (Lipinski definition) is 6. The highest BCUT2D eigenvalue weighted by Gasteiger charge is 2.18. The second kappa shape index (κ2) is 7.25. The van der Waals surface area contributed by atoms with Crippen LogP contribution in [0.4, 0.5) is 5.82 Å². The van der Waals surface area contributed by atoms with Crippen LogP contribution in [0.15, 0.2) is 12.4 Å². The van der Waals surface area contributed by atoms with Gasteiger partial charge in [-0.3, -0.25) is 4.90 Å². The molecular weight excluding hydrogens is 244 g/mol. The molecule has 1 N–H and O–H groups in total. The minimum atomic E-state index is 0.208. The lowest BCUT2D eigenvalue weighted by Crippen LogP contribution is -2.45. The molecule has 1 aliphatic heterocycles. The third-order valence-electron chi connectivity index (χ3n) is 3.12. The topological polar surface area (TPSA) is 59.5 Å². The molecule has 106 valence electrons. The predicted octanol–water partition coefficient (Wildman–Crippen LogP) is 1.01. The highest BCUT2D eigenvalue weighted by Crippen LogP contribution is 2.12. The molecule has 0 bridgehead atoms. The number of ether oxygens (including phenoxy) is 2. The van der Waals surface area contributed by atoms with E-state index in [0.29, 0.717) is 12.5 Å². The van der Waals surface area contributed by atoms with Crippen LogP contribution in [0.25, 0.3) is 0 Å². The summed E-state index contributed by atoms with van der Waals surface area (Å²) in [6, 6.07) is 1.81. The number of anilines is 1. The Morgan fingerprint density at radius 1 is 1.47 bits per heavy atom. The summed E-state index contributed by atoms with van der Waals surface area (Å²) in [5.74, 6) is 1.37. The van der Waals surface area contributed by atoms with Gasteiger partial charge in [-0.25, -0.2) is 9.97 Å². The zero-order valence-corrected chi connectivity index (χ0v) is 11.6. The molecule has 0 aliphatic carbocycles. The molecule has 1 aliphatic rings. The van der Waals surface area contributed by atoms with Gasteiger partial charge in [-0.2, -0.15) is 0 Å². The lowest BCUT2D eigenvalue weighted by molar-refractivity contribution is -0.0192. The van der Waals surface area contributed by atoms with Gasteiger partial charge in [0.1, 0.15) is 12.1 Å². The van der Waals surface area contributed by atoms with E-state index in [9.17, 15) is 0 Å². The van der Waals surface area contributed by atoms with Crippen molar-refractivity contribution < 1.29 is 9.47 Å². The van der Waals surface area contributed by atoms with Crippen molar-refractivity contribution in [3.63, 3.8) is 0 Å². The van der Waals surface area contributed by atoms with E-state index in [1.54, 1.807) is 0 Å². The molecule has 1 atom stereocenters. The van der Waals surface area contributed by atoms with Gasteiger partial charge in [0.2, 0.25) is 5.88 Å². The molecule has 1 aromatic heterocycles. The zero-order chi connectivity index (χ0) is 13.5. The van der Waals surface area contributed by atoms with E-state index >= 15 is 0 Å². The van der Waals surface area contributed by atoms with Crippen molar-refractivity contribution in [2.75, 3.05) is 44.7 Å². The van der Waals surface area contributed by atoms with Gasteiger partial charge in [0.05, 0.1) is 19.3 Å². The van der Waals surface area contributed by atoms with Crippen LogP contribution in [0.3, 0.4) is 0 Å².